The number of hydrogen-bond donors (Lipinski definition) is 2. The fraction of sp³-hybridized carbons (Fsp3) is 0. The average Bonchev–Trinajstić information content (AvgIpc) is 2.38. The first-order valence-electron chi connectivity index (χ1n) is 5.35. The van der Waals surface area contributed by atoms with Crippen LogP contribution in [0.1, 0.15) is 11.1 Å². The smallest absolute Gasteiger partial charge is 0.131 e. The Bertz CT molecular complexity index is 618. The van der Waals surface area contributed by atoms with Crippen molar-refractivity contribution in [1.29, 1.82) is 0 Å². The highest BCUT2D eigenvalue weighted by Crippen LogP contribution is 2.14. The molecule has 2 heteroatoms. The maximum absolute atomic E-state index is 9.48. The van der Waals surface area contributed by atoms with E-state index in [1.54, 1.807) is 48.5 Å². The number of phenolic OH excluding ortho intramolecular Hbond substituents is 2. The lowest BCUT2D eigenvalue weighted by Crippen LogP contribution is -1.75. The van der Waals surface area contributed by atoms with E-state index in [4.69, 9.17) is 0 Å². The van der Waals surface area contributed by atoms with Gasteiger partial charge in [-0.25, -0.2) is 0 Å². The lowest BCUT2D eigenvalue weighted by molar-refractivity contribution is 0.473. The van der Waals surface area contributed by atoms with E-state index < -0.39 is 0 Å². The summed E-state index contributed by atoms with van der Waals surface area (Å²) >= 11 is 0. The third-order valence-electron chi connectivity index (χ3n) is 2.26. The van der Waals surface area contributed by atoms with E-state index in [1.165, 1.54) is 0 Å². The first-order chi connectivity index (χ1) is 8.77. The number of phenols is 2. The fourth-order valence-corrected chi connectivity index (χ4v) is 1.36. The topological polar surface area (TPSA) is 40.5 Å². The van der Waals surface area contributed by atoms with Crippen LogP contribution in [-0.4, -0.2) is 10.2 Å². The van der Waals surface area contributed by atoms with Gasteiger partial charge in [0, 0.05) is 0 Å². The zero-order valence-corrected chi connectivity index (χ0v) is 9.51. The van der Waals surface area contributed by atoms with Gasteiger partial charge in [0.25, 0.3) is 0 Å². The van der Waals surface area contributed by atoms with Crippen molar-refractivity contribution >= 4 is 0 Å². The zero-order valence-electron chi connectivity index (χ0n) is 9.51. The summed E-state index contributed by atoms with van der Waals surface area (Å²) in [4.78, 5) is 0. The molecule has 0 bridgehead atoms. The average molecular weight is 234 g/mol. The Morgan fingerprint density at radius 2 is 1.00 bits per heavy atom. The van der Waals surface area contributed by atoms with Crippen molar-refractivity contribution in [2.45, 2.75) is 0 Å². The van der Waals surface area contributed by atoms with Gasteiger partial charge in [0.05, 0.1) is 11.1 Å². The van der Waals surface area contributed by atoms with Gasteiger partial charge in [-0.05, 0) is 47.9 Å². The van der Waals surface area contributed by atoms with E-state index in [9.17, 15) is 10.2 Å². The molecule has 2 aromatic carbocycles. The summed E-state index contributed by atoms with van der Waals surface area (Å²) in [5.41, 5.74) is 1.06. The van der Waals surface area contributed by atoms with Gasteiger partial charge in [0.2, 0.25) is 0 Å². The molecule has 2 rings (SSSR count). The van der Waals surface area contributed by atoms with Crippen LogP contribution in [-0.2, 0) is 0 Å². The van der Waals surface area contributed by atoms with Crippen LogP contribution in [0.2, 0.25) is 0 Å². The fourth-order valence-electron chi connectivity index (χ4n) is 1.36. The van der Waals surface area contributed by atoms with E-state index in [0.29, 0.717) is 11.1 Å². The molecule has 2 nitrogen and oxygen atoms in total. The Morgan fingerprint density at radius 3 is 1.39 bits per heavy atom. The minimum absolute atomic E-state index is 0.134. The summed E-state index contributed by atoms with van der Waals surface area (Å²) in [6.07, 6.45) is 0. The van der Waals surface area contributed by atoms with Crippen molar-refractivity contribution in [3.05, 3.63) is 59.7 Å². The molecule has 0 aromatic heterocycles. The van der Waals surface area contributed by atoms with Crippen LogP contribution in [0.3, 0.4) is 0 Å². The van der Waals surface area contributed by atoms with Gasteiger partial charge in [-0.3, -0.25) is 0 Å². The Hall–Kier alpha value is -2.84. The summed E-state index contributed by atoms with van der Waals surface area (Å²) in [7, 11) is 0. The van der Waals surface area contributed by atoms with Crippen molar-refractivity contribution in [2.75, 3.05) is 0 Å². The number of aromatic hydroxyl groups is 2. The molecule has 0 aliphatic rings. The monoisotopic (exact) mass is 234 g/mol. The normalized spacial score (nSPS) is 8.67. The SMILES string of the molecule is Oc1ccccc1C#CC#Cc1ccccc1O. The molecule has 0 aliphatic heterocycles. The number of rotatable bonds is 0. The third kappa shape index (κ3) is 2.84. The van der Waals surface area contributed by atoms with Gasteiger partial charge in [-0.2, -0.15) is 0 Å². The summed E-state index contributed by atoms with van der Waals surface area (Å²) in [5, 5.41) is 19.0. The number of hydrogen-bond acceptors (Lipinski definition) is 2. The molecule has 0 heterocycles. The van der Waals surface area contributed by atoms with Gasteiger partial charge in [-0.15, -0.1) is 0 Å². The Balaban J connectivity index is 2.20. The Morgan fingerprint density at radius 1 is 0.611 bits per heavy atom. The summed E-state index contributed by atoms with van der Waals surface area (Å²) in [6.45, 7) is 0. The van der Waals surface area contributed by atoms with Gasteiger partial charge in [0.15, 0.2) is 0 Å². The maximum Gasteiger partial charge on any atom is 0.131 e. The predicted molar refractivity (Wildman–Crippen MR) is 70.0 cm³/mol. The largest absolute Gasteiger partial charge is 0.507 e. The van der Waals surface area contributed by atoms with Crippen LogP contribution in [0.4, 0.5) is 0 Å². The Labute approximate surface area is 106 Å². The minimum atomic E-state index is 0.134. The van der Waals surface area contributed by atoms with Crippen molar-refractivity contribution in [2.24, 2.45) is 0 Å². The quantitative estimate of drug-likeness (QED) is 0.687. The molecular weight excluding hydrogens is 224 g/mol. The van der Waals surface area contributed by atoms with E-state index >= 15 is 0 Å². The van der Waals surface area contributed by atoms with Gasteiger partial charge >= 0.3 is 0 Å². The molecule has 0 saturated heterocycles. The second kappa shape index (κ2) is 5.48. The first-order valence-corrected chi connectivity index (χ1v) is 5.35. The second-order valence-corrected chi connectivity index (χ2v) is 3.53. The molecule has 0 radical (unpaired) electrons. The second-order valence-electron chi connectivity index (χ2n) is 3.53. The van der Waals surface area contributed by atoms with Gasteiger partial charge in [-0.1, -0.05) is 24.3 Å². The number of para-hydroxylation sites is 2. The van der Waals surface area contributed by atoms with Crippen molar-refractivity contribution in [1.82, 2.24) is 0 Å². The minimum Gasteiger partial charge on any atom is -0.507 e. The summed E-state index contributed by atoms with van der Waals surface area (Å²) in [5.74, 6) is 11.0. The van der Waals surface area contributed by atoms with Crippen molar-refractivity contribution in [3.63, 3.8) is 0 Å². The van der Waals surface area contributed by atoms with Crippen LogP contribution in [0.15, 0.2) is 48.5 Å². The van der Waals surface area contributed by atoms with Crippen LogP contribution in [0, 0.1) is 23.7 Å². The van der Waals surface area contributed by atoms with Crippen LogP contribution >= 0.6 is 0 Å². The summed E-state index contributed by atoms with van der Waals surface area (Å²) < 4.78 is 0. The molecule has 0 amide bonds. The molecular formula is C16H10O2. The van der Waals surface area contributed by atoms with Crippen LogP contribution in [0.5, 0.6) is 11.5 Å². The van der Waals surface area contributed by atoms with Crippen molar-refractivity contribution in [3.8, 4) is 35.2 Å². The molecule has 2 aromatic rings. The van der Waals surface area contributed by atoms with Crippen molar-refractivity contribution < 1.29 is 10.2 Å². The lowest BCUT2D eigenvalue weighted by atomic mass is 10.2. The molecule has 0 fully saturated rings. The van der Waals surface area contributed by atoms with Gasteiger partial charge < -0.3 is 10.2 Å². The zero-order chi connectivity index (χ0) is 12.8. The van der Waals surface area contributed by atoms with E-state index in [0.717, 1.165) is 0 Å². The maximum atomic E-state index is 9.48. The van der Waals surface area contributed by atoms with Crippen LogP contribution < -0.4 is 0 Å². The molecule has 18 heavy (non-hydrogen) atoms. The predicted octanol–water partition coefficient (Wildman–Crippen LogP) is 2.50. The van der Waals surface area contributed by atoms with E-state index in [-0.39, 0.29) is 11.5 Å². The molecule has 86 valence electrons. The first kappa shape index (κ1) is 11.6. The highest BCUT2D eigenvalue weighted by molar-refractivity contribution is 5.51. The molecule has 0 unspecified atom stereocenters. The highest BCUT2D eigenvalue weighted by Gasteiger charge is 1.93. The third-order valence-corrected chi connectivity index (χ3v) is 2.26. The van der Waals surface area contributed by atoms with Gasteiger partial charge in [0.1, 0.15) is 11.5 Å². The molecule has 2 N–H and O–H groups in total. The summed E-state index contributed by atoms with van der Waals surface area (Å²) in [6, 6.07) is 13.6. The molecule has 0 aliphatic carbocycles. The Kier molecular flexibility index (Phi) is 3.54. The lowest BCUT2D eigenvalue weighted by Gasteiger charge is -1.93. The molecule has 0 atom stereocenters. The highest BCUT2D eigenvalue weighted by atomic mass is 16.3. The molecule has 0 spiro atoms. The standard InChI is InChI=1S/C16H10O2/c17-15-11-5-3-9-13(15)7-1-2-8-14-10-4-6-12-16(14)18/h3-6,9-12,17-18H. The van der Waals surface area contributed by atoms with Crippen LogP contribution in [0.25, 0.3) is 0 Å². The van der Waals surface area contributed by atoms with E-state index in [2.05, 4.69) is 23.7 Å². The number of benzene rings is 2. The molecule has 0 saturated carbocycles. The van der Waals surface area contributed by atoms with E-state index in [1.807, 2.05) is 0 Å².